The quantitative estimate of drug-likeness (QED) is 0.826. The van der Waals surface area contributed by atoms with Gasteiger partial charge in [0, 0.05) is 6.04 Å². The Kier molecular flexibility index (Phi) is 5.08. The van der Waals surface area contributed by atoms with Gasteiger partial charge < -0.3 is 5.32 Å². The first-order valence-electron chi connectivity index (χ1n) is 8.08. The zero-order valence-electron chi connectivity index (χ0n) is 12.7. The minimum atomic E-state index is 0.548. The molecule has 2 heteroatoms. The van der Waals surface area contributed by atoms with E-state index >= 15 is 0 Å². The van der Waals surface area contributed by atoms with Gasteiger partial charge in [-0.1, -0.05) is 33.6 Å². The van der Waals surface area contributed by atoms with Crippen molar-refractivity contribution >= 4 is 0 Å². The molecule has 2 nitrogen and oxygen atoms in total. The predicted molar refractivity (Wildman–Crippen MR) is 78.9 cm³/mol. The van der Waals surface area contributed by atoms with Crippen LogP contribution in [0.2, 0.25) is 0 Å². The van der Waals surface area contributed by atoms with Crippen LogP contribution in [0.3, 0.4) is 0 Å². The molecule has 2 rings (SSSR count). The highest BCUT2D eigenvalue weighted by atomic mass is 15.2. The summed E-state index contributed by atoms with van der Waals surface area (Å²) in [5, 5.41) is 3.51. The van der Waals surface area contributed by atoms with Crippen LogP contribution in [0.25, 0.3) is 0 Å². The molecule has 1 aliphatic heterocycles. The summed E-state index contributed by atoms with van der Waals surface area (Å²) in [6.07, 6.45) is 8.56. The SMILES string of the molecule is CCNCC1CCN(C2CCCCC2(C)C)CC1. The molecule has 1 atom stereocenters. The maximum Gasteiger partial charge on any atom is 0.0146 e. The lowest BCUT2D eigenvalue weighted by Crippen LogP contribution is -2.50. The van der Waals surface area contributed by atoms with Crippen molar-refractivity contribution in [2.24, 2.45) is 11.3 Å². The Morgan fingerprint density at radius 3 is 2.44 bits per heavy atom. The van der Waals surface area contributed by atoms with Gasteiger partial charge in [0.05, 0.1) is 0 Å². The number of rotatable bonds is 4. The topological polar surface area (TPSA) is 15.3 Å². The predicted octanol–water partition coefficient (Wildman–Crippen LogP) is 3.28. The van der Waals surface area contributed by atoms with Crippen LogP contribution in [0, 0.1) is 11.3 Å². The van der Waals surface area contributed by atoms with Crippen molar-refractivity contribution in [1.29, 1.82) is 0 Å². The summed E-state index contributed by atoms with van der Waals surface area (Å²) in [5.74, 6) is 0.924. The van der Waals surface area contributed by atoms with Crippen molar-refractivity contribution in [2.75, 3.05) is 26.2 Å². The molecule has 0 aromatic heterocycles. The van der Waals surface area contributed by atoms with Crippen LogP contribution >= 0.6 is 0 Å². The van der Waals surface area contributed by atoms with Crippen molar-refractivity contribution < 1.29 is 0 Å². The summed E-state index contributed by atoms with van der Waals surface area (Å²) in [7, 11) is 0. The Labute approximate surface area is 114 Å². The fourth-order valence-electron chi connectivity index (χ4n) is 3.97. The number of piperidine rings is 1. The Hall–Kier alpha value is -0.0800. The lowest BCUT2D eigenvalue weighted by molar-refractivity contribution is 0.0252. The maximum absolute atomic E-state index is 3.51. The van der Waals surface area contributed by atoms with Crippen LogP contribution in [-0.4, -0.2) is 37.1 Å². The lowest BCUT2D eigenvalue weighted by Gasteiger charge is -2.47. The van der Waals surface area contributed by atoms with Gasteiger partial charge in [0.15, 0.2) is 0 Å². The molecular formula is C16H32N2. The molecule has 106 valence electrons. The summed E-state index contributed by atoms with van der Waals surface area (Å²) >= 11 is 0. The molecule has 1 N–H and O–H groups in total. The van der Waals surface area contributed by atoms with Gasteiger partial charge in [0.1, 0.15) is 0 Å². The van der Waals surface area contributed by atoms with Crippen molar-refractivity contribution in [3.05, 3.63) is 0 Å². The van der Waals surface area contributed by atoms with Gasteiger partial charge in [-0.25, -0.2) is 0 Å². The average Bonchev–Trinajstić information content (AvgIpc) is 2.37. The molecule has 1 aliphatic carbocycles. The van der Waals surface area contributed by atoms with E-state index in [1.165, 1.54) is 58.2 Å². The van der Waals surface area contributed by atoms with E-state index in [-0.39, 0.29) is 0 Å². The third-order valence-corrected chi connectivity index (χ3v) is 5.22. The fraction of sp³-hybridized carbons (Fsp3) is 1.00. The summed E-state index contributed by atoms with van der Waals surface area (Å²) in [5.41, 5.74) is 0.548. The van der Waals surface area contributed by atoms with Gasteiger partial charge in [0.25, 0.3) is 0 Å². The first-order valence-corrected chi connectivity index (χ1v) is 8.08. The van der Waals surface area contributed by atoms with Crippen molar-refractivity contribution in [3.8, 4) is 0 Å². The van der Waals surface area contributed by atoms with E-state index in [1.54, 1.807) is 0 Å². The zero-order valence-corrected chi connectivity index (χ0v) is 12.7. The molecule has 0 aromatic rings. The fourth-order valence-corrected chi connectivity index (χ4v) is 3.97. The summed E-state index contributed by atoms with van der Waals surface area (Å²) in [6.45, 7) is 12.2. The van der Waals surface area contributed by atoms with Gasteiger partial charge in [-0.2, -0.15) is 0 Å². The highest BCUT2D eigenvalue weighted by Crippen LogP contribution is 2.39. The largest absolute Gasteiger partial charge is 0.317 e. The molecule has 1 saturated heterocycles. The van der Waals surface area contributed by atoms with E-state index in [4.69, 9.17) is 0 Å². The van der Waals surface area contributed by atoms with E-state index < -0.39 is 0 Å². The number of likely N-dealkylation sites (tertiary alicyclic amines) is 1. The molecule has 0 amide bonds. The minimum absolute atomic E-state index is 0.548. The van der Waals surface area contributed by atoms with Crippen molar-refractivity contribution in [1.82, 2.24) is 10.2 Å². The molecule has 0 bridgehead atoms. The molecule has 2 aliphatic rings. The summed E-state index contributed by atoms with van der Waals surface area (Å²) < 4.78 is 0. The van der Waals surface area contributed by atoms with E-state index in [9.17, 15) is 0 Å². The molecule has 2 fully saturated rings. The monoisotopic (exact) mass is 252 g/mol. The lowest BCUT2D eigenvalue weighted by atomic mass is 9.72. The Balaban J connectivity index is 1.81. The van der Waals surface area contributed by atoms with Gasteiger partial charge in [0.2, 0.25) is 0 Å². The standard InChI is InChI=1S/C16H32N2/c1-4-17-13-14-8-11-18(12-9-14)15-7-5-6-10-16(15,2)3/h14-15,17H,4-13H2,1-3H3. The normalized spacial score (nSPS) is 30.5. The first kappa shape index (κ1) is 14.3. The second-order valence-corrected chi connectivity index (χ2v) is 7.04. The molecule has 0 aromatic carbocycles. The second-order valence-electron chi connectivity index (χ2n) is 7.04. The molecule has 1 heterocycles. The maximum atomic E-state index is 3.51. The molecule has 1 unspecified atom stereocenters. The number of hydrogen-bond acceptors (Lipinski definition) is 2. The van der Waals surface area contributed by atoms with Gasteiger partial charge in [-0.3, -0.25) is 4.90 Å². The first-order chi connectivity index (χ1) is 8.63. The summed E-state index contributed by atoms with van der Waals surface area (Å²) in [6, 6.07) is 0.853. The number of hydrogen-bond donors (Lipinski definition) is 1. The smallest absolute Gasteiger partial charge is 0.0146 e. The van der Waals surface area contributed by atoms with Crippen LogP contribution in [0.15, 0.2) is 0 Å². The van der Waals surface area contributed by atoms with Gasteiger partial charge >= 0.3 is 0 Å². The summed E-state index contributed by atoms with van der Waals surface area (Å²) in [4.78, 5) is 2.81. The van der Waals surface area contributed by atoms with Crippen LogP contribution in [0.5, 0.6) is 0 Å². The van der Waals surface area contributed by atoms with Crippen molar-refractivity contribution in [2.45, 2.75) is 65.3 Å². The molecular weight excluding hydrogens is 220 g/mol. The third-order valence-electron chi connectivity index (χ3n) is 5.22. The minimum Gasteiger partial charge on any atom is -0.317 e. The molecule has 1 saturated carbocycles. The highest BCUT2D eigenvalue weighted by molar-refractivity contribution is 4.91. The van der Waals surface area contributed by atoms with E-state index in [2.05, 4.69) is 31.0 Å². The van der Waals surface area contributed by atoms with E-state index in [0.717, 1.165) is 18.5 Å². The highest BCUT2D eigenvalue weighted by Gasteiger charge is 2.37. The number of nitrogens with one attached hydrogen (secondary N) is 1. The van der Waals surface area contributed by atoms with Gasteiger partial charge in [-0.15, -0.1) is 0 Å². The average molecular weight is 252 g/mol. The Morgan fingerprint density at radius 1 is 1.11 bits per heavy atom. The van der Waals surface area contributed by atoms with Crippen LogP contribution in [-0.2, 0) is 0 Å². The molecule has 18 heavy (non-hydrogen) atoms. The van der Waals surface area contributed by atoms with E-state index in [1.807, 2.05) is 0 Å². The van der Waals surface area contributed by atoms with Crippen LogP contribution in [0.4, 0.5) is 0 Å². The molecule has 0 spiro atoms. The van der Waals surface area contributed by atoms with E-state index in [0.29, 0.717) is 5.41 Å². The van der Waals surface area contributed by atoms with Gasteiger partial charge in [-0.05, 0) is 63.2 Å². The number of nitrogens with zero attached hydrogens (tertiary/aromatic N) is 1. The Morgan fingerprint density at radius 2 is 1.83 bits per heavy atom. The van der Waals surface area contributed by atoms with Crippen LogP contribution < -0.4 is 5.32 Å². The third kappa shape index (κ3) is 3.48. The Bertz CT molecular complexity index is 241. The second kappa shape index (κ2) is 6.38. The molecule has 0 radical (unpaired) electrons. The van der Waals surface area contributed by atoms with Crippen LogP contribution in [0.1, 0.15) is 59.3 Å². The van der Waals surface area contributed by atoms with Crippen molar-refractivity contribution in [3.63, 3.8) is 0 Å². The zero-order chi connectivity index (χ0) is 13.0.